The van der Waals surface area contributed by atoms with Crippen LogP contribution in [0.25, 0.3) is 0 Å². The fraction of sp³-hybridized carbons (Fsp3) is 0.357. The maximum Gasteiger partial charge on any atom is 0.315 e. The predicted octanol–water partition coefficient (Wildman–Crippen LogP) is 2.99. The van der Waals surface area contributed by atoms with Crippen LogP contribution in [0.15, 0.2) is 22.1 Å². The number of hydrazone groups is 1. The zero-order valence-electron chi connectivity index (χ0n) is 12.3. The number of hydrogen-bond acceptors (Lipinski definition) is 6. The van der Waals surface area contributed by atoms with Crippen LogP contribution in [0.5, 0.6) is 0 Å². The number of halogens is 2. The van der Waals surface area contributed by atoms with Gasteiger partial charge in [0.2, 0.25) is 0 Å². The summed E-state index contributed by atoms with van der Waals surface area (Å²) in [5, 5.41) is 6.05. The third-order valence-corrected chi connectivity index (χ3v) is 4.85. The second-order valence-electron chi connectivity index (χ2n) is 4.74. The Morgan fingerprint density at radius 2 is 2.35 bits per heavy atom. The highest BCUT2D eigenvalue weighted by Crippen LogP contribution is 2.34. The van der Waals surface area contributed by atoms with E-state index in [-0.39, 0.29) is 27.4 Å². The molecule has 2 N–H and O–H groups in total. The Hall–Kier alpha value is -1.38. The van der Waals surface area contributed by atoms with E-state index in [4.69, 9.17) is 29.6 Å². The van der Waals surface area contributed by atoms with Crippen molar-refractivity contribution in [3.8, 4) is 0 Å². The molecular formula is C14H15ClFN3O2S2. The standard InChI is InChI=1S/C14H15ClFN3O2S2/c1-21-13(20)7-23-12-6-11(9(16)5-8(12)15)19-4-2-3-10(18-19)14(17)22/h5-6H,2-4,7H2,1H3,(H2,17,22). The van der Waals surface area contributed by atoms with E-state index in [1.807, 2.05) is 0 Å². The van der Waals surface area contributed by atoms with Gasteiger partial charge in [0.15, 0.2) is 0 Å². The quantitative estimate of drug-likeness (QED) is 0.484. The molecule has 0 saturated carbocycles. The molecule has 1 aliphatic rings. The molecule has 124 valence electrons. The molecule has 0 fully saturated rings. The first kappa shape index (κ1) is 18.0. The lowest BCUT2D eigenvalue weighted by Crippen LogP contribution is -2.32. The molecule has 5 nitrogen and oxygen atoms in total. The molecule has 0 amide bonds. The van der Waals surface area contributed by atoms with Crippen LogP contribution in [-0.2, 0) is 9.53 Å². The van der Waals surface area contributed by atoms with Crippen LogP contribution < -0.4 is 10.7 Å². The van der Waals surface area contributed by atoms with Crippen molar-refractivity contribution >= 4 is 57.9 Å². The zero-order valence-corrected chi connectivity index (χ0v) is 14.7. The summed E-state index contributed by atoms with van der Waals surface area (Å²) in [4.78, 5) is 12.0. The average molecular weight is 376 g/mol. The number of hydrogen-bond donors (Lipinski definition) is 1. The third-order valence-electron chi connectivity index (χ3n) is 3.16. The minimum atomic E-state index is -0.495. The smallest absolute Gasteiger partial charge is 0.315 e. The van der Waals surface area contributed by atoms with Crippen molar-refractivity contribution in [3.63, 3.8) is 0 Å². The lowest BCUT2D eigenvalue weighted by molar-refractivity contribution is -0.137. The SMILES string of the molecule is COC(=O)CSc1cc(N2CCCC(C(N)=S)=N2)c(F)cc1Cl. The van der Waals surface area contributed by atoms with Gasteiger partial charge in [0.25, 0.3) is 0 Å². The highest BCUT2D eigenvalue weighted by molar-refractivity contribution is 8.00. The van der Waals surface area contributed by atoms with Gasteiger partial charge in [-0.1, -0.05) is 23.8 Å². The van der Waals surface area contributed by atoms with Crippen LogP contribution in [0.4, 0.5) is 10.1 Å². The number of thioether (sulfide) groups is 1. The van der Waals surface area contributed by atoms with Gasteiger partial charge in [-0.25, -0.2) is 4.39 Å². The molecule has 2 rings (SSSR count). The van der Waals surface area contributed by atoms with E-state index >= 15 is 0 Å². The Labute approximate surface area is 148 Å². The monoisotopic (exact) mass is 375 g/mol. The minimum absolute atomic E-state index is 0.0860. The Balaban J connectivity index is 2.29. The number of carbonyl (C=O) groups is 1. The third kappa shape index (κ3) is 4.55. The summed E-state index contributed by atoms with van der Waals surface area (Å²) in [6.07, 6.45) is 1.44. The lowest BCUT2D eigenvalue weighted by Gasteiger charge is -2.26. The highest BCUT2D eigenvalue weighted by Gasteiger charge is 2.20. The van der Waals surface area contributed by atoms with E-state index in [0.717, 1.165) is 6.42 Å². The molecule has 1 aromatic rings. The molecule has 0 radical (unpaired) electrons. The van der Waals surface area contributed by atoms with E-state index in [2.05, 4.69) is 9.84 Å². The summed E-state index contributed by atoms with van der Waals surface area (Å²) in [6, 6.07) is 2.78. The number of methoxy groups -OCH3 is 1. The molecule has 0 aliphatic carbocycles. The Kier molecular flexibility index (Phi) is 6.20. The molecule has 23 heavy (non-hydrogen) atoms. The number of thiocarbonyl (C=S) groups is 1. The molecule has 1 aromatic carbocycles. The van der Waals surface area contributed by atoms with Crippen molar-refractivity contribution in [2.24, 2.45) is 10.8 Å². The Morgan fingerprint density at radius 3 is 3.00 bits per heavy atom. The summed E-state index contributed by atoms with van der Waals surface area (Å²) in [5.74, 6) is -0.794. The van der Waals surface area contributed by atoms with Crippen LogP contribution in [0.2, 0.25) is 5.02 Å². The molecule has 0 unspecified atom stereocenters. The molecule has 0 aromatic heterocycles. The molecule has 0 bridgehead atoms. The van der Waals surface area contributed by atoms with Gasteiger partial charge in [-0.15, -0.1) is 11.8 Å². The van der Waals surface area contributed by atoms with Crippen LogP contribution >= 0.6 is 35.6 Å². The van der Waals surface area contributed by atoms with Crippen molar-refractivity contribution in [3.05, 3.63) is 23.0 Å². The Bertz CT molecular complexity index is 670. The van der Waals surface area contributed by atoms with Gasteiger partial charge in [-0.2, -0.15) is 5.10 Å². The second kappa shape index (κ2) is 7.94. The predicted molar refractivity (Wildman–Crippen MR) is 95.0 cm³/mol. The zero-order chi connectivity index (χ0) is 17.0. The fourth-order valence-corrected chi connectivity index (χ4v) is 3.25. The largest absolute Gasteiger partial charge is 0.468 e. The average Bonchev–Trinajstić information content (AvgIpc) is 2.53. The number of ether oxygens (including phenoxy) is 1. The van der Waals surface area contributed by atoms with Gasteiger partial charge in [-0.05, 0) is 25.0 Å². The summed E-state index contributed by atoms with van der Waals surface area (Å²) in [6.45, 7) is 0.547. The van der Waals surface area contributed by atoms with Crippen molar-refractivity contribution in [1.29, 1.82) is 0 Å². The van der Waals surface area contributed by atoms with Crippen LogP contribution in [0.3, 0.4) is 0 Å². The van der Waals surface area contributed by atoms with Crippen LogP contribution in [0, 0.1) is 5.82 Å². The van der Waals surface area contributed by atoms with Gasteiger partial charge >= 0.3 is 5.97 Å². The Morgan fingerprint density at radius 1 is 1.61 bits per heavy atom. The number of nitrogens with zero attached hydrogens (tertiary/aromatic N) is 2. The molecule has 0 atom stereocenters. The lowest BCUT2D eigenvalue weighted by atomic mass is 10.1. The summed E-state index contributed by atoms with van der Waals surface area (Å²) >= 11 is 12.1. The van der Waals surface area contributed by atoms with Crippen molar-refractivity contribution in [2.75, 3.05) is 24.4 Å². The normalized spacial score (nSPS) is 14.4. The van der Waals surface area contributed by atoms with Gasteiger partial charge in [-0.3, -0.25) is 9.80 Å². The number of carbonyl (C=O) groups excluding carboxylic acids is 1. The molecule has 0 spiro atoms. The molecule has 0 saturated heterocycles. The maximum atomic E-state index is 14.2. The van der Waals surface area contributed by atoms with E-state index in [1.54, 1.807) is 6.07 Å². The summed E-state index contributed by atoms with van der Waals surface area (Å²) in [7, 11) is 1.31. The molecule has 9 heteroatoms. The van der Waals surface area contributed by atoms with Crippen molar-refractivity contribution < 1.29 is 13.9 Å². The van der Waals surface area contributed by atoms with Gasteiger partial charge in [0, 0.05) is 11.4 Å². The molecule has 1 aliphatic heterocycles. The number of benzene rings is 1. The molecule has 1 heterocycles. The van der Waals surface area contributed by atoms with Gasteiger partial charge in [0.1, 0.15) is 10.8 Å². The van der Waals surface area contributed by atoms with Gasteiger partial charge in [0.05, 0.1) is 29.3 Å². The van der Waals surface area contributed by atoms with Crippen LogP contribution in [0.1, 0.15) is 12.8 Å². The number of rotatable bonds is 5. The van der Waals surface area contributed by atoms with E-state index < -0.39 is 5.82 Å². The van der Waals surface area contributed by atoms with Crippen molar-refractivity contribution in [2.45, 2.75) is 17.7 Å². The first-order valence-electron chi connectivity index (χ1n) is 6.76. The fourth-order valence-electron chi connectivity index (χ4n) is 2.01. The maximum absolute atomic E-state index is 14.2. The highest BCUT2D eigenvalue weighted by atomic mass is 35.5. The summed E-state index contributed by atoms with van der Waals surface area (Å²) in [5.41, 5.74) is 6.45. The minimum Gasteiger partial charge on any atom is -0.468 e. The van der Waals surface area contributed by atoms with Crippen molar-refractivity contribution in [1.82, 2.24) is 0 Å². The number of nitrogens with two attached hydrogens (primary N) is 1. The first-order valence-corrected chi connectivity index (χ1v) is 8.53. The molecular weight excluding hydrogens is 361 g/mol. The van der Waals surface area contributed by atoms with Crippen LogP contribution in [-0.4, -0.2) is 36.1 Å². The first-order chi connectivity index (χ1) is 10.9. The number of anilines is 1. The van der Waals surface area contributed by atoms with E-state index in [0.29, 0.717) is 23.6 Å². The summed E-state index contributed by atoms with van der Waals surface area (Å²) < 4.78 is 18.8. The van der Waals surface area contributed by atoms with Gasteiger partial charge < -0.3 is 10.5 Å². The van der Waals surface area contributed by atoms with E-state index in [1.165, 1.54) is 29.9 Å². The second-order valence-corrected chi connectivity index (χ2v) is 6.60. The topological polar surface area (TPSA) is 67.9 Å². The van der Waals surface area contributed by atoms with E-state index in [9.17, 15) is 9.18 Å². The number of esters is 1.